The number of carbonyl (C=O) groups is 1. The first-order valence-corrected chi connectivity index (χ1v) is 7.46. The summed E-state index contributed by atoms with van der Waals surface area (Å²) in [7, 11) is 1.89. The highest BCUT2D eigenvalue weighted by molar-refractivity contribution is 7.98. The van der Waals surface area contributed by atoms with Gasteiger partial charge in [-0.15, -0.1) is 0 Å². The van der Waals surface area contributed by atoms with Crippen molar-refractivity contribution >= 4 is 17.7 Å². The van der Waals surface area contributed by atoms with Gasteiger partial charge in [0.15, 0.2) is 0 Å². The fourth-order valence-corrected chi connectivity index (χ4v) is 2.58. The van der Waals surface area contributed by atoms with Gasteiger partial charge in [-0.3, -0.25) is 4.79 Å². The monoisotopic (exact) mass is 246 g/mol. The van der Waals surface area contributed by atoms with Gasteiger partial charge in [0, 0.05) is 31.3 Å². The van der Waals surface area contributed by atoms with Crippen LogP contribution in [0.5, 0.6) is 0 Å². The van der Waals surface area contributed by atoms with Crippen LogP contribution in [-0.4, -0.2) is 41.9 Å². The Hall–Kier alpha value is -0.220. The Kier molecular flexibility index (Phi) is 8.76. The molecule has 0 fully saturated rings. The zero-order chi connectivity index (χ0) is 12.6. The van der Waals surface area contributed by atoms with Gasteiger partial charge in [-0.1, -0.05) is 20.3 Å². The van der Waals surface area contributed by atoms with E-state index >= 15 is 0 Å². The third-order valence-corrected chi connectivity index (χ3v) is 3.59. The number of nitrogens with two attached hydrogens (primary N) is 1. The van der Waals surface area contributed by atoms with Crippen LogP contribution < -0.4 is 5.73 Å². The van der Waals surface area contributed by atoms with Crippen LogP contribution >= 0.6 is 11.8 Å². The minimum absolute atomic E-state index is 0.0201. The molecule has 96 valence electrons. The summed E-state index contributed by atoms with van der Waals surface area (Å²) in [6.07, 6.45) is 5.53. The molecule has 0 aromatic rings. The van der Waals surface area contributed by atoms with Crippen LogP contribution in [0.15, 0.2) is 0 Å². The predicted octanol–water partition coefficient (Wildman–Crippen LogP) is 2.10. The van der Waals surface area contributed by atoms with Crippen molar-refractivity contribution in [3.63, 3.8) is 0 Å². The molecule has 0 rings (SSSR count). The summed E-state index contributed by atoms with van der Waals surface area (Å²) in [4.78, 5) is 13.8. The van der Waals surface area contributed by atoms with Gasteiger partial charge in [-0.25, -0.2) is 0 Å². The summed E-state index contributed by atoms with van der Waals surface area (Å²) < 4.78 is 0. The maximum absolute atomic E-state index is 11.9. The maximum Gasteiger partial charge on any atom is 0.224 e. The van der Waals surface area contributed by atoms with Gasteiger partial charge in [0.05, 0.1) is 0 Å². The highest BCUT2D eigenvalue weighted by Crippen LogP contribution is 2.11. The topological polar surface area (TPSA) is 46.3 Å². The standard InChI is InChI=1S/C12H26N2OS/c1-5-7-10(13)8-12(15)14(3)11(6-2)9-16-4/h10-11H,5-9,13H2,1-4H3. The lowest BCUT2D eigenvalue weighted by Gasteiger charge is -2.27. The largest absolute Gasteiger partial charge is 0.342 e. The molecule has 0 aromatic heterocycles. The Bertz CT molecular complexity index is 199. The Balaban J connectivity index is 4.14. The maximum atomic E-state index is 11.9. The minimum atomic E-state index is 0.0201. The Morgan fingerprint density at radius 2 is 2.06 bits per heavy atom. The molecule has 0 aliphatic carbocycles. The summed E-state index contributed by atoms with van der Waals surface area (Å²) in [6.45, 7) is 4.22. The van der Waals surface area contributed by atoms with Gasteiger partial charge in [0.25, 0.3) is 0 Å². The van der Waals surface area contributed by atoms with Crippen LogP contribution in [0.2, 0.25) is 0 Å². The van der Waals surface area contributed by atoms with Crippen molar-refractivity contribution in [2.45, 2.75) is 51.6 Å². The van der Waals surface area contributed by atoms with E-state index < -0.39 is 0 Å². The number of carbonyl (C=O) groups excluding carboxylic acids is 1. The van der Waals surface area contributed by atoms with Crippen molar-refractivity contribution in [3.8, 4) is 0 Å². The highest BCUT2D eigenvalue weighted by Gasteiger charge is 2.19. The summed E-state index contributed by atoms with van der Waals surface area (Å²) in [6, 6.07) is 0.364. The van der Waals surface area contributed by atoms with E-state index in [0.717, 1.165) is 25.0 Å². The smallest absolute Gasteiger partial charge is 0.224 e. The van der Waals surface area contributed by atoms with Crippen LogP contribution in [0.25, 0.3) is 0 Å². The van der Waals surface area contributed by atoms with Crippen molar-refractivity contribution in [3.05, 3.63) is 0 Å². The van der Waals surface area contributed by atoms with E-state index in [1.807, 2.05) is 11.9 Å². The molecule has 0 aliphatic rings. The van der Waals surface area contributed by atoms with Crippen molar-refractivity contribution in [2.24, 2.45) is 5.73 Å². The molecular formula is C12H26N2OS. The van der Waals surface area contributed by atoms with E-state index in [0.29, 0.717) is 12.5 Å². The van der Waals surface area contributed by atoms with E-state index in [2.05, 4.69) is 20.1 Å². The minimum Gasteiger partial charge on any atom is -0.342 e. The van der Waals surface area contributed by atoms with Crippen LogP contribution in [0.4, 0.5) is 0 Å². The molecule has 0 radical (unpaired) electrons. The Morgan fingerprint density at radius 1 is 1.44 bits per heavy atom. The fourth-order valence-electron chi connectivity index (χ4n) is 1.74. The summed E-state index contributed by atoms with van der Waals surface area (Å²) >= 11 is 1.78. The molecule has 16 heavy (non-hydrogen) atoms. The normalized spacial score (nSPS) is 14.6. The highest BCUT2D eigenvalue weighted by atomic mass is 32.2. The van der Waals surface area contributed by atoms with Crippen LogP contribution in [0.1, 0.15) is 39.5 Å². The average molecular weight is 246 g/mol. The van der Waals surface area contributed by atoms with Gasteiger partial charge in [0.2, 0.25) is 5.91 Å². The quantitative estimate of drug-likeness (QED) is 0.713. The zero-order valence-corrected chi connectivity index (χ0v) is 11.8. The van der Waals surface area contributed by atoms with Crippen LogP contribution in [-0.2, 0) is 4.79 Å². The Labute approximate surface area is 104 Å². The molecular weight excluding hydrogens is 220 g/mol. The van der Waals surface area contributed by atoms with Gasteiger partial charge in [0.1, 0.15) is 0 Å². The van der Waals surface area contributed by atoms with E-state index in [4.69, 9.17) is 5.73 Å². The van der Waals surface area contributed by atoms with E-state index in [9.17, 15) is 4.79 Å². The summed E-state index contributed by atoms with van der Waals surface area (Å²) in [5.41, 5.74) is 5.89. The second kappa shape index (κ2) is 8.88. The molecule has 4 heteroatoms. The molecule has 2 N–H and O–H groups in total. The lowest BCUT2D eigenvalue weighted by atomic mass is 10.1. The zero-order valence-electron chi connectivity index (χ0n) is 11.0. The molecule has 1 amide bonds. The number of thioether (sulfide) groups is 1. The van der Waals surface area contributed by atoms with Gasteiger partial charge in [-0.2, -0.15) is 11.8 Å². The molecule has 2 atom stereocenters. The molecule has 0 saturated carbocycles. The van der Waals surface area contributed by atoms with Crippen LogP contribution in [0.3, 0.4) is 0 Å². The first-order valence-electron chi connectivity index (χ1n) is 6.06. The number of amides is 1. The number of hydrogen-bond donors (Lipinski definition) is 1. The van der Waals surface area contributed by atoms with Crippen LogP contribution in [0, 0.1) is 0 Å². The average Bonchev–Trinajstić information content (AvgIpc) is 2.25. The third kappa shape index (κ3) is 5.75. The van der Waals surface area contributed by atoms with Gasteiger partial charge in [-0.05, 0) is 19.1 Å². The summed E-state index contributed by atoms with van der Waals surface area (Å²) in [5.74, 6) is 1.18. The molecule has 0 heterocycles. The second-order valence-electron chi connectivity index (χ2n) is 4.27. The number of rotatable bonds is 8. The fraction of sp³-hybridized carbons (Fsp3) is 0.917. The third-order valence-electron chi connectivity index (χ3n) is 2.87. The molecule has 0 bridgehead atoms. The SMILES string of the molecule is CCCC(N)CC(=O)N(C)C(CC)CSC. The molecule has 0 aromatic carbocycles. The van der Waals surface area contributed by atoms with E-state index in [1.54, 1.807) is 11.8 Å². The predicted molar refractivity (Wildman–Crippen MR) is 72.7 cm³/mol. The van der Waals surface area contributed by atoms with Crippen molar-refractivity contribution in [1.82, 2.24) is 4.90 Å². The van der Waals surface area contributed by atoms with E-state index in [-0.39, 0.29) is 11.9 Å². The van der Waals surface area contributed by atoms with Gasteiger partial charge >= 0.3 is 0 Å². The molecule has 3 nitrogen and oxygen atoms in total. The first kappa shape index (κ1) is 15.8. The molecule has 0 spiro atoms. The summed E-state index contributed by atoms with van der Waals surface area (Å²) in [5, 5.41) is 0. The lowest BCUT2D eigenvalue weighted by molar-refractivity contribution is -0.132. The number of hydrogen-bond acceptors (Lipinski definition) is 3. The molecule has 0 saturated heterocycles. The lowest BCUT2D eigenvalue weighted by Crippen LogP contribution is -2.41. The second-order valence-corrected chi connectivity index (χ2v) is 5.19. The van der Waals surface area contributed by atoms with Crippen molar-refractivity contribution in [1.29, 1.82) is 0 Å². The molecule has 0 aliphatic heterocycles. The van der Waals surface area contributed by atoms with Gasteiger partial charge < -0.3 is 10.6 Å². The van der Waals surface area contributed by atoms with E-state index in [1.165, 1.54) is 0 Å². The first-order chi connectivity index (χ1) is 7.56. The Morgan fingerprint density at radius 3 is 2.50 bits per heavy atom. The molecule has 2 unspecified atom stereocenters. The van der Waals surface area contributed by atoms with Crippen molar-refractivity contribution in [2.75, 3.05) is 19.1 Å². The van der Waals surface area contributed by atoms with Crippen molar-refractivity contribution < 1.29 is 4.79 Å². The number of nitrogens with zero attached hydrogens (tertiary/aromatic N) is 1.